The molecule has 0 aliphatic carbocycles. The minimum absolute atomic E-state index is 0. The van der Waals surface area contributed by atoms with Gasteiger partial charge in [0, 0.05) is 75.6 Å². The number of nitrogens with one attached hydrogen (secondary N) is 6. The molecule has 2 aliphatic heterocycles. The number of carboxylic acids is 1. The molecule has 9 aromatic carbocycles. The zero-order valence-electron chi connectivity index (χ0n) is 78.3. The summed E-state index contributed by atoms with van der Waals surface area (Å²) in [5.74, 6) is 0.868. The number of amides is 1. The number of fused-ring (bicyclic) bond motifs is 5. The van der Waals surface area contributed by atoms with Gasteiger partial charge in [0.05, 0.1) is 105 Å². The number of H-pyrrole nitrogens is 5. The van der Waals surface area contributed by atoms with Crippen molar-refractivity contribution in [2.75, 3.05) is 76.4 Å². The van der Waals surface area contributed by atoms with Crippen molar-refractivity contribution in [2.45, 2.75) is 64.2 Å². The largest absolute Gasteiger partial charge is 1.00 e. The van der Waals surface area contributed by atoms with Gasteiger partial charge in [0.25, 0.3) is 28.1 Å². The Balaban J connectivity index is 0.000000187. The van der Waals surface area contributed by atoms with Crippen molar-refractivity contribution in [2.24, 2.45) is 0 Å². The number of anilines is 2. The molecule has 18 rings (SSSR count). The number of hydrogen-bond acceptors (Lipinski definition) is 26. The van der Waals surface area contributed by atoms with Gasteiger partial charge in [-0.15, -0.1) is 0 Å². The van der Waals surface area contributed by atoms with Gasteiger partial charge in [0.2, 0.25) is 22.5 Å². The number of alkyl halides is 1. The van der Waals surface area contributed by atoms with Crippen molar-refractivity contribution in [3.05, 3.63) is 395 Å². The van der Waals surface area contributed by atoms with Crippen LogP contribution in [0.4, 0.5) is 11.6 Å². The number of piperazine rings is 2. The van der Waals surface area contributed by atoms with Gasteiger partial charge in [-0.25, -0.2) is 43.5 Å². The molecular weight excluding hydrogens is 1940 g/mol. The Morgan fingerprint density at radius 1 is 0.418 bits per heavy atom. The number of hydrogen-bond donors (Lipinski definition) is 9. The van der Waals surface area contributed by atoms with Crippen molar-refractivity contribution in [3.8, 4) is 11.9 Å². The molecule has 1 amide bonds. The van der Waals surface area contributed by atoms with E-state index in [1.165, 1.54) is 40.1 Å². The monoisotopic (exact) mass is 2040 g/mol. The molecule has 0 radical (unpaired) electrons. The van der Waals surface area contributed by atoms with Gasteiger partial charge in [-0.2, -0.15) is 18.4 Å². The smallest absolute Gasteiger partial charge is 0.870 e. The van der Waals surface area contributed by atoms with Gasteiger partial charge in [0.15, 0.2) is 0 Å². The van der Waals surface area contributed by atoms with Gasteiger partial charge < -0.3 is 53.9 Å². The van der Waals surface area contributed by atoms with Crippen LogP contribution in [-0.2, 0) is 44.8 Å². The normalized spacial score (nSPS) is 12.1. The minimum Gasteiger partial charge on any atom is -0.870 e. The average Bonchev–Trinajstić information content (AvgIpc) is 0.830. The Bertz CT molecular complexity index is 7690. The second-order valence-corrected chi connectivity index (χ2v) is 43.2. The molecule has 38 nitrogen and oxygen atoms in total. The van der Waals surface area contributed by atoms with Crippen molar-refractivity contribution in [1.29, 1.82) is 0 Å². The fraction of sp³-hybridized carbons (Fsp3) is 0.204. The quantitative estimate of drug-likeness (QED) is 0.0179. The molecule has 2 fully saturated rings. The number of methoxy groups -OCH3 is 2. The van der Waals surface area contributed by atoms with E-state index in [9.17, 15) is 57.5 Å². The van der Waals surface area contributed by atoms with E-state index in [1.807, 2.05) is 96.0 Å². The van der Waals surface area contributed by atoms with E-state index in [0.717, 1.165) is 83.8 Å². The molecule has 141 heavy (non-hydrogen) atoms. The third-order valence-electron chi connectivity index (χ3n) is 20.6. The third kappa shape index (κ3) is 32.4. The maximum absolute atomic E-state index is 13.1. The van der Waals surface area contributed by atoms with Crippen LogP contribution in [0.3, 0.4) is 0 Å². The van der Waals surface area contributed by atoms with Crippen molar-refractivity contribution < 1.29 is 95.2 Å². The summed E-state index contributed by atoms with van der Waals surface area (Å²) in [5, 5.41) is 15.8. The van der Waals surface area contributed by atoms with E-state index >= 15 is 0 Å². The fourth-order valence-corrected chi connectivity index (χ4v) is 16.0. The van der Waals surface area contributed by atoms with Gasteiger partial charge in [-0.1, -0.05) is 137 Å². The number of aromatic amines is 5. The molecule has 0 bridgehead atoms. The van der Waals surface area contributed by atoms with E-state index in [1.54, 1.807) is 158 Å². The number of benzene rings is 9. The summed E-state index contributed by atoms with van der Waals surface area (Å²) >= 11 is 3.31. The first-order chi connectivity index (χ1) is 66.4. The van der Waals surface area contributed by atoms with Crippen LogP contribution < -0.4 is 98.5 Å². The van der Waals surface area contributed by atoms with E-state index in [2.05, 4.69) is 126 Å². The molecule has 0 spiro atoms. The van der Waals surface area contributed by atoms with Gasteiger partial charge in [0.1, 0.15) is 11.6 Å². The Hall–Kier alpha value is -14.8. The second kappa shape index (κ2) is 51.7. The summed E-state index contributed by atoms with van der Waals surface area (Å²) in [5.41, 5.74) is 4.53. The molecule has 16 aromatic rings. The average molecular weight is 2050 g/mol. The van der Waals surface area contributed by atoms with Crippen LogP contribution in [0.5, 0.6) is 11.9 Å². The van der Waals surface area contributed by atoms with Crippen LogP contribution in [0, 0.1) is 0 Å². The second-order valence-electron chi connectivity index (χ2n) is 32.9. The van der Waals surface area contributed by atoms with Crippen molar-refractivity contribution in [3.63, 3.8) is 0 Å². The molecule has 43 heteroatoms. The Labute approximate surface area is 838 Å². The summed E-state index contributed by atoms with van der Waals surface area (Å²) in [6, 6.07) is 75.5. The maximum Gasteiger partial charge on any atom is 1.00 e. The number of esters is 2. The zero-order chi connectivity index (χ0) is 100. The first-order valence-corrected chi connectivity index (χ1v) is 52.6. The Kier molecular flexibility index (Phi) is 40.3. The van der Waals surface area contributed by atoms with E-state index in [-0.39, 0.29) is 77.7 Å². The molecule has 7 aromatic heterocycles. The van der Waals surface area contributed by atoms with E-state index < -0.39 is 78.4 Å². The van der Waals surface area contributed by atoms with E-state index in [0.29, 0.717) is 90.8 Å². The number of para-hydroxylation sites is 5. The van der Waals surface area contributed by atoms with Crippen LogP contribution in [0.2, 0.25) is 39.3 Å². The number of ether oxygens (including phenoxy) is 2. The summed E-state index contributed by atoms with van der Waals surface area (Å²) in [4.78, 5) is 177. The first kappa shape index (κ1) is 110. The molecular formula is C98H102BrN16NaO22SSi2. The summed E-state index contributed by atoms with van der Waals surface area (Å²) < 4.78 is 57.3. The Morgan fingerprint density at radius 3 is 1.21 bits per heavy atom. The zero-order valence-corrected chi connectivity index (χ0v) is 84.7. The third-order valence-corrected chi connectivity index (χ3v) is 22.8. The molecule has 0 atom stereocenters. The molecule has 0 saturated carbocycles. The topological polar surface area (TPSA) is 534 Å². The van der Waals surface area contributed by atoms with Gasteiger partial charge >= 0.3 is 86.6 Å². The number of rotatable bonds is 17. The number of carbonyl (C=O) groups excluding carboxylic acids is 3. The van der Waals surface area contributed by atoms with Crippen LogP contribution in [0.1, 0.15) is 63.7 Å². The van der Waals surface area contributed by atoms with Crippen LogP contribution in [0.15, 0.2) is 306 Å². The Morgan fingerprint density at radius 2 is 0.787 bits per heavy atom. The SMILES string of the molecule is COC(=O)c1cccc(CBr)c1.COC(=O)c1cccc(Cn2c(=O)[nH]c(=O)c3ccccc32)c1.C[Si](C)(C)Oc1nc(O[Si](C)(C)C)c2ccccc2n1.O=C(O)c1cccc(Cn2c(=O)[nH]c(=O)c3ccccc32)c1.O=C(c1cccc(Cn2c(=O)[nH]c(=O)c3ccccc32)c1)N1CCN(c2ccccn2)CC1.O=S(=O)(O)O.O=c1[nH]c(=O)c2ccccc2[nH]1.[Na+].[OH-].c1ccc(N2CCNCC2)nc1. The van der Waals surface area contributed by atoms with Gasteiger partial charge in [-0.3, -0.25) is 66.7 Å². The predicted molar refractivity (Wildman–Crippen MR) is 542 cm³/mol. The number of aromatic carboxylic acids is 1. The number of nitrogens with zero attached hydrogens (tertiary/aromatic N) is 10. The molecule has 728 valence electrons. The first-order valence-electron chi connectivity index (χ1n) is 43.3. The molecule has 0 unspecified atom stereocenters. The van der Waals surface area contributed by atoms with Crippen LogP contribution in [0.25, 0.3) is 54.5 Å². The standard InChI is InChI=1S/C25H23N5O3.C17H14N2O4.C16H12N2O4.C14H22N2O2Si2.C9H9BrO2.C9H13N3.C8H6N2O2.Na.H2O4S.H2O/c31-23-20-8-1-2-9-21(20)30(25(33)27-23)17-18-6-5-7-19(16-18)24(32)29-14-12-28(13-15-29)22-10-3-4-11-26-22;1-23-16(21)12-6-4-5-11(9-12)10-19-14-8-3-2-7-13(14)15(20)18-17(19)22;19-14-12-6-1-2-7-13(12)18(16(22)17-14)9-10-4-3-5-11(8-10)15(20)21;1-19(2,3)17-13-11-9-7-8-10-12(11)15-14(16-13)18-20(4,5)6;1-12-9(11)8-4-2-3-7(5-8)6-10;1-2-4-11-9(3-1)12-7-5-10-6-8-12;11-7-5-3-1-2-4-6(5)9-8(12)10-7;;1-5(2,3)4;/h1-11,16H,12-15,17H2,(H,27,31,33);2-9H,10H2,1H3,(H,18,20,22);1-8H,9H2,(H,20,21)(H,17,19,22);7-10H,1-6H3;2-5H,6H2,1H3;1-4,10H,5-8H2;1-4H,(H2,9,10,11,12);;(H2,1,2,3,4);1H2/q;;;;;;;+1;;/p-1. The molecule has 2 saturated heterocycles. The number of pyridine rings is 2. The van der Waals surface area contributed by atoms with Crippen molar-refractivity contribution in [1.82, 2.24) is 68.8 Å². The van der Waals surface area contributed by atoms with Crippen LogP contribution in [-0.4, -0.2) is 199 Å². The summed E-state index contributed by atoms with van der Waals surface area (Å²) in [6.45, 7) is 20.4. The summed E-state index contributed by atoms with van der Waals surface area (Å²) in [7, 11) is -5.44. The van der Waals surface area contributed by atoms with E-state index in [4.69, 9.17) is 36.2 Å². The number of halogens is 1. The summed E-state index contributed by atoms with van der Waals surface area (Å²) in [6.07, 6.45) is 3.62. The number of carboxylic acid groups (broad SMARTS) is 1. The maximum atomic E-state index is 13.1. The molecule has 10 N–H and O–H groups in total. The van der Waals surface area contributed by atoms with Crippen LogP contribution >= 0.6 is 15.9 Å². The number of carbonyl (C=O) groups is 4. The predicted octanol–water partition coefficient (Wildman–Crippen LogP) is 8.36. The fourth-order valence-electron chi connectivity index (χ4n) is 14.3. The van der Waals surface area contributed by atoms with Gasteiger partial charge in [-0.05, 0) is 195 Å². The van der Waals surface area contributed by atoms with Crippen molar-refractivity contribution >= 4 is 133 Å². The molecule has 2 aliphatic rings. The minimum atomic E-state index is -4.67. The molecule has 9 heterocycles. The number of aromatic nitrogens is 12.